The van der Waals surface area contributed by atoms with Crippen LogP contribution < -0.4 is 5.32 Å². The van der Waals surface area contributed by atoms with Crippen LogP contribution in [-0.4, -0.2) is 18.8 Å². The van der Waals surface area contributed by atoms with Gasteiger partial charge in [-0.3, -0.25) is 0 Å². The van der Waals surface area contributed by atoms with Crippen LogP contribution in [0.25, 0.3) is 0 Å². The van der Waals surface area contributed by atoms with Gasteiger partial charge in [0.1, 0.15) is 5.76 Å². The third kappa shape index (κ3) is 4.76. The van der Waals surface area contributed by atoms with Crippen LogP contribution in [0.2, 0.25) is 0 Å². The van der Waals surface area contributed by atoms with Crippen molar-refractivity contribution in [3.63, 3.8) is 0 Å². The van der Waals surface area contributed by atoms with Crippen LogP contribution in [0.15, 0.2) is 16.7 Å². The fourth-order valence-corrected chi connectivity index (χ4v) is 2.47. The summed E-state index contributed by atoms with van der Waals surface area (Å²) in [5.74, 6) is 4.03. The summed E-state index contributed by atoms with van der Waals surface area (Å²) in [5.41, 5.74) is 1.27. The summed E-state index contributed by atoms with van der Waals surface area (Å²) in [5, 5.41) is 3.37. The molecule has 1 atom stereocenters. The van der Waals surface area contributed by atoms with Crippen LogP contribution in [0, 0.1) is 12.8 Å². The first-order valence-electron chi connectivity index (χ1n) is 5.55. The molecule has 0 aromatic carbocycles. The topological polar surface area (TPSA) is 25.2 Å². The Labute approximate surface area is 96.8 Å². The smallest absolute Gasteiger partial charge is 0.116 e. The summed E-state index contributed by atoms with van der Waals surface area (Å²) in [6.07, 6.45) is 1.77. The maximum absolute atomic E-state index is 5.39. The molecule has 1 aromatic heterocycles. The molecule has 0 aliphatic heterocycles. The quantitative estimate of drug-likeness (QED) is 0.775. The van der Waals surface area contributed by atoms with E-state index in [1.165, 1.54) is 11.3 Å². The minimum Gasteiger partial charge on any atom is -0.468 e. The largest absolute Gasteiger partial charge is 0.468 e. The summed E-state index contributed by atoms with van der Waals surface area (Å²) in [6.45, 7) is 8.70. The first-order valence-corrected chi connectivity index (χ1v) is 6.71. The second kappa shape index (κ2) is 6.96. The molecule has 0 fully saturated rings. The van der Waals surface area contributed by atoms with Gasteiger partial charge in [0.25, 0.3) is 0 Å². The van der Waals surface area contributed by atoms with Crippen LogP contribution in [0.5, 0.6) is 0 Å². The second-order valence-electron chi connectivity index (χ2n) is 3.95. The lowest BCUT2D eigenvalue weighted by molar-refractivity contribution is 0.527. The standard InChI is InChI=1S/C12H21NOS/c1-4-13-7-10(2)8-15-9-12-11(3)5-6-14-12/h5-6,10,13H,4,7-9H2,1-3H3. The van der Waals surface area contributed by atoms with Gasteiger partial charge in [-0.05, 0) is 43.3 Å². The number of thioether (sulfide) groups is 1. The van der Waals surface area contributed by atoms with E-state index in [1.54, 1.807) is 6.26 Å². The highest BCUT2D eigenvalue weighted by atomic mass is 32.2. The van der Waals surface area contributed by atoms with E-state index in [0.717, 1.165) is 30.5 Å². The van der Waals surface area contributed by atoms with E-state index in [2.05, 4.69) is 26.1 Å². The Morgan fingerprint density at radius 3 is 2.93 bits per heavy atom. The lowest BCUT2D eigenvalue weighted by Gasteiger charge is -2.10. The van der Waals surface area contributed by atoms with Crippen molar-refractivity contribution >= 4 is 11.8 Å². The van der Waals surface area contributed by atoms with Gasteiger partial charge in [0.15, 0.2) is 0 Å². The Hall–Kier alpha value is -0.410. The highest BCUT2D eigenvalue weighted by Gasteiger charge is 2.04. The van der Waals surface area contributed by atoms with Crippen molar-refractivity contribution in [1.29, 1.82) is 0 Å². The molecule has 0 bridgehead atoms. The zero-order chi connectivity index (χ0) is 11.1. The fraction of sp³-hybridized carbons (Fsp3) is 0.667. The highest BCUT2D eigenvalue weighted by Crippen LogP contribution is 2.18. The molecule has 1 N–H and O–H groups in total. The molecule has 1 unspecified atom stereocenters. The van der Waals surface area contributed by atoms with Crippen molar-refractivity contribution in [2.75, 3.05) is 18.8 Å². The number of furan rings is 1. The van der Waals surface area contributed by atoms with Gasteiger partial charge in [-0.25, -0.2) is 0 Å². The lowest BCUT2D eigenvalue weighted by atomic mass is 10.2. The van der Waals surface area contributed by atoms with Gasteiger partial charge in [0, 0.05) is 0 Å². The van der Waals surface area contributed by atoms with Crippen molar-refractivity contribution < 1.29 is 4.42 Å². The molecule has 0 aliphatic rings. The van der Waals surface area contributed by atoms with E-state index in [4.69, 9.17) is 4.42 Å². The molecule has 1 rings (SSSR count). The first kappa shape index (κ1) is 12.7. The van der Waals surface area contributed by atoms with Crippen molar-refractivity contribution in [2.45, 2.75) is 26.5 Å². The summed E-state index contributed by atoms with van der Waals surface area (Å²) in [7, 11) is 0. The minimum absolute atomic E-state index is 0.727. The maximum Gasteiger partial charge on any atom is 0.116 e. The number of nitrogens with one attached hydrogen (secondary N) is 1. The van der Waals surface area contributed by atoms with Gasteiger partial charge in [0.05, 0.1) is 12.0 Å². The van der Waals surface area contributed by atoms with E-state index in [0.29, 0.717) is 0 Å². The molecule has 15 heavy (non-hydrogen) atoms. The zero-order valence-electron chi connectivity index (χ0n) is 9.88. The van der Waals surface area contributed by atoms with E-state index in [9.17, 15) is 0 Å². The van der Waals surface area contributed by atoms with Gasteiger partial charge < -0.3 is 9.73 Å². The molecule has 86 valence electrons. The third-order valence-corrected chi connectivity index (χ3v) is 3.62. The molecule has 2 nitrogen and oxygen atoms in total. The van der Waals surface area contributed by atoms with E-state index >= 15 is 0 Å². The van der Waals surface area contributed by atoms with E-state index < -0.39 is 0 Å². The molecule has 1 heterocycles. The third-order valence-electron chi connectivity index (χ3n) is 2.35. The Morgan fingerprint density at radius 2 is 2.33 bits per heavy atom. The van der Waals surface area contributed by atoms with Crippen molar-refractivity contribution in [1.82, 2.24) is 5.32 Å². The Morgan fingerprint density at radius 1 is 1.53 bits per heavy atom. The fourth-order valence-electron chi connectivity index (χ4n) is 1.35. The molecular weight excluding hydrogens is 206 g/mol. The Kier molecular flexibility index (Phi) is 5.88. The van der Waals surface area contributed by atoms with Gasteiger partial charge in [-0.1, -0.05) is 13.8 Å². The molecular formula is C12H21NOS. The summed E-state index contributed by atoms with van der Waals surface area (Å²) < 4.78 is 5.39. The van der Waals surface area contributed by atoms with E-state index in [-0.39, 0.29) is 0 Å². The number of aryl methyl sites for hydroxylation is 1. The van der Waals surface area contributed by atoms with Gasteiger partial charge in [-0.2, -0.15) is 11.8 Å². The van der Waals surface area contributed by atoms with Crippen LogP contribution in [0.4, 0.5) is 0 Å². The average Bonchev–Trinajstić information content (AvgIpc) is 2.61. The highest BCUT2D eigenvalue weighted by molar-refractivity contribution is 7.98. The molecule has 0 saturated heterocycles. The predicted molar refractivity (Wildman–Crippen MR) is 67.3 cm³/mol. The van der Waals surface area contributed by atoms with Crippen LogP contribution >= 0.6 is 11.8 Å². The predicted octanol–water partition coefficient (Wildman–Crippen LogP) is 3.07. The van der Waals surface area contributed by atoms with Crippen molar-refractivity contribution in [2.24, 2.45) is 5.92 Å². The second-order valence-corrected chi connectivity index (χ2v) is 4.99. The molecule has 0 aliphatic carbocycles. The first-order chi connectivity index (χ1) is 7.24. The number of hydrogen-bond donors (Lipinski definition) is 1. The average molecular weight is 227 g/mol. The van der Waals surface area contributed by atoms with Crippen LogP contribution in [0.3, 0.4) is 0 Å². The molecule has 0 amide bonds. The van der Waals surface area contributed by atoms with Crippen molar-refractivity contribution in [3.8, 4) is 0 Å². The summed E-state index contributed by atoms with van der Waals surface area (Å²) >= 11 is 1.95. The molecule has 0 spiro atoms. The van der Waals surface area contributed by atoms with Gasteiger partial charge >= 0.3 is 0 Å². The molecule has 0 radical (unpaired) electrons. The van der Waals surface area contributed by atoms with Crippen LogP contribution in [0.1, 0.15) is 25.2 Å². The van der Waals surface area contributed by atoms with E-state index in [1.807, 2.05) is 17.8 Å². The van der Waals surface area contributed by atoms with Crippen LogP contribution in [-0.2, 0) is 5.75 Å². The van der Waals surface area contributed by atoms with Gasteiger partial charge in [0.2, 0.25) is 0 Å². The summed E-state index contributed by atoms with van der Waals surface area (Å²) in [6, 6.07) is 2.03. The molecule has 0 saturated carbocycles. The molecule has 3 heteroatoms. The SMILES string of the molecule is CCNCC(C)CSCc1occc1C. The minimum atomic E-state index is 0.727. The summed E-state index contributed by atoms with van der Waals surface area (Å²) in [4.78, 5) is 0. The maximum atomic E-state index is 5.39. The monoisotopic (exact) mass is 227 g/mol. The number of rotatable bonds is 7. The Balaban J connectivity index is 2.13. The molecule has 1 aromatic rings. The lowest BCUT2D eigenvalue weighted by Crippen LogP contribution is -2.21. The number of hydrogen-bond acceptors (Lipinski definition) is 3. The zero-order valence-corrected chi connectivity index (χ0v) is 10.7. The normalized spacial score (nSPS) is 13.0. The van der Waals surface area contributed by atoms with Crippen molar-refractivity contribution in [3.05, 3.63) is 23.7 Å². The Bertz CT molecular complexity index is 272. The van der Waals surface area contributed by atoms with Gasteiger partial charge in [-0.15, -0.1) is 0 Å².